The number of benzene rings is 1. The molecule has 0 saturated heterocycles. The minimum absolute atomic E-state index is 0.381. The zero-order valence-electron chi connectivity index (χ0n) is 10.2. The molecule has 0 aliphatic heterocycles. The number of rotatable bonds is 5. The van der Waals surface area contributed by atoms with Gasteiger partial charge in [0, 0.05) is 6.54 Å². The summed E-state index contributed by atoms with van der Waals surface area (Å²) in [5, 5.41) is 10.8. The number of aryl methyl sites for hydroxylation is 1. The molecule has 1 amide bonds. The van der Waals surface area contributed by atoms with Crippen LogP contribution in [0.4, 0.5) is 4.79 Å². The van der Waals surface area contributed by atoms with E-state index in [1.807, 2.05) is 19.1 Å². The van der Waals surface area contributed by atoms with Gasteiger partial charge in [-0.05, 0) is 36.6 Å². The van der Waals surface area contributed by atoms with Gasteiger partial charge in [-0.15, -0.1) is 0 Å². The van der Waals surface area contributed by atoms with Crippen molar-refractivity contribution >= 4 is 6.09 Å². The summed E-state index contributed by atoms with van der Waals surface area (Å²) in [4.78, 5) is 10.3. The number of nitrogens with one attached hydrogen (secondary N) is 1. The molecule has 17 heavy (non-hydrogen) atoms. The van der Waals surface area contributed by atoms with Crippen molar-refractivity contribution in [3.05, 3.63) is 23.3 Å². The number of methoxy groups -OCH3 is 2. The Labute approximate surface area is 100 Å². The molecule has 1 aromatic rings. The number of hydrogen-bond donors (Lipinski definition) is 2. The van der Waals surface area contributed by atoms with Gasteiger partial charge in [-0.3, -0.25) is 0 Å². The molecule has 0 saturated carbocycles. The Morgan fingerprint density at radius 2 is 1.88 bits per heavy atom. The number of carboxylic acid groups (broad SMARTS) is 1. The van der Waals surface area contributed by atoms with E-state index in [4.69, 9.17) is 14.6 Å². The Bertz CT molecular complexity index is 404. The SMILES string of the molecule is COc1cc(C)c(CCNC(=O)O)cc1OC. The lowest BCUT2D eigenvalue weighted by atomic mass is 10.0. The van der Waals surface area contributed by atoms with Crippen LogP contribution in [0.25, 0.3) is 0 Å². The first kappa shape index (κ1) is 13.2. The highest BCUT2D eigenvalue weighted by Gasteiger charge is 2.08. The third-order valence-corrected chi connectivity index (χ3v) is 2.51. The molecule has 0 heterocycles. The van der Waals surface area contributed by atoms with Gasteiger partial charge in [-0.1, -0.05) is 0 Å². The predicted octanol–water partition coefficient (Wildman–Crippen LogP) is 1.82. The molecule has 0 aliphatic carbocycles. The summed E-state index contributed by atoms with van der Waals surface area (Å²) in [5.74, 6) is 1.34. The molecular weight excluding hydrogens is 222 g/mol. The van der Waals surface area contributed by atoms with Gasteiger partial charge >= 0.3 is 6.09 Å². The van der Waals surface area contributed by atoms with Gasteiger partial charge in [-0.25, -0.2) is 4.79 Å². The highest BCUT2D eigenvalue weighted by molar-refractivity contribution is 5.64. The standard InChI is InChI=1S/C12H17NO4/c1-8-6-10(16-2)11(17-3)7-9(8)4-5-13-12(14)15/h6-7,13H,4-5H2,1-3H3,(H,14,15). The van der Waals surface area contributed by atoms with Crippen molar-refractivity contribution in [1.82, 2.24) is 5.32 Å². The summed E-state index contributed by atoms with van der Waals surface area (Å²) in [6, 6.07) is 3.76. The Kier molecular flexibility index (Phi) is 4.63. The average Bonchev–Trinajstić information content (AvgIpc) is 2.30. The third-order valence-electron chi connectivity index (χ3n) is 2.51. The number of hydrogen-bond acceptors (Lipinski definition) is 3. The van der Waals surface area contributed by atoms with Crippen molar-refractivity contribution in [2.24, 2.45) is 0 Å². The number of ether oxygens (including phenoxy) is 2. The van der Waals surface area contributed by atoms with E-state index in [0.717, 1.165) is 11.1 Å². The Balaban J connectivity index is 2.81. The van der Waals surface area contributed by atoms with E-state index in [1.165, 1.54) is 0 Å². The number of carbonyl (C=O) groups is 1. The molecule has 0 aromatic heterocycles. The highest BCUT2D eigenvalue weighted by atomic mass is 16.5. The summed E-state index contributed by atoms with van der Waals surface area (Å²) in [5.41, 5.74) is 2.09. The topological polar surface area (TPSA) is 67.8 Å². The average molecular weight is 239 g/mol. The van der Waals surface area contributed by atoms with Crippen LogP contribution in [0, 0.1) is 6.92 Å². The number of amides is 1. The van der Waals surface area contributed by atoms with Gasteiger partial charge in [0.25, 0.3) is 0 Å². The molecule has 5 nitrogen and oxygen atoms in total. The van der Waals surface area contributed by atoms with E-state index in [-0.39, 0.29) is 0 Å². The minimum Gasteiger partial charge on any atom is -0.493 e. The summed E-state index contributed by atoms with van der Waals surface area (Å²) < 4.78 is 10.4. The van der Waals surface area contributed by atoms with Crippen LogP contribution in [-0.4, -0.2) is 32.0 Å². The summed E-state index contributed by atoms with van der Waals surface area (Å²) in [6.45, 7) is 2.34. The largest absolute Gasteiger partial charge is 0.493 e. The molecule has 94 valence electrons. The molecular formula is C12H17NO4. The van der Waals surface area contributed by atoms with Gasteiger partial charge in [0.15, 0.2) is 11.5 Å². The van der Waals surface area contributed by atoms with E-state index in [9.17, 15) is 4.79 Å². The summed E-state index contributed by atoms with van der Waals surface area (Å²) >= 11 is 0. The molecule has 2 N–H and O–H groups in total. The van der Waals surface area contributed by atoms with E-state index in [0.29, 0.717) is 24.5 Å². The van der Waals surface area contributed by atoms with Crippen LogP contribution >= 0.6 is 0 Å². The molecule has 0 atom stereocenters. The lowest BCUT2D eigenvalue weighted by molar-refractivity contribution is 0.194. The van der Waals surface area contributed by atoms with Gasteiger partial charge in [0.2, 0.25) is 0 Å². The molecule has 0 radical (unpaired) electrons. The van der Waals surface area contributed by atoms with Crippen LogP contribution in [0.5, 0.6) is 11.5 Å². The molecule has 5 heteroatoms. The van der Waals surface area contributed by atoms with Gasteiger partial charge in [0.1, 0.15) is 0 Å². The first-order valence-electron chi connectivity index (χ1n) is 5.26. The third kappa shape index (κ3) is 3.55. The predicted molar refractivity (Wildman–Crippen MR) is 64.0 cm³/mol. The lowest BCUT2D eigenvalue weighted by Gasteiger charge is -2.12. The monoisotopic (exact) mass is 239 g/mol. The summed E-state index contributed by atoms with van der Waals surface area (Å²) in [7, 11) is 3.16. The van der Waals surface area contributed by atoms with E-state index in [2.05, 4.69) is 5.32 Å². The molecule has 1 aromatic carbocycles. The van der Waals surface area contributed by atoms with Crippen LogP contribution in [0.3, 0.4) is 0 Å². The normalized spacial score (nSPS) is 9.82. The molecule has 0 aliphatic rings. The van der Waals surface area contributed by atoms with Gasteiger partial charge in [-0.2, -0.15) is 0 Å². The quantitative estimate of drug-likeness (QED) is 0.822. The zero-order chi connectivity index (χ0) is 12.8. The fourth-order valence-corrected chi connectivity index (χ4v) is 1.60. The maximum absolute atomic E-state index is 10.3. The first-order valence-corrected chi connectivity index (χ1v) is 5.26. The molecule has 0 spiro atoms. The van der Waals surface area contributed by atoms with Crippen molar-refractivity contribution in [1.29, 1.82) is 0 Å². The highest BCUT2D eigenvalue weighted by Crippen LogP contribution is 2.30. The first-order chi connectivity index (χ1) is 8.08. The fourth-order valence-electron chi connectivity index (χ4n) is 1.60. The Morgan fingerprint density at radius 3 is 2.41 bits per heavy atom. The van der Waals surface area contributed by atoms with E-state index < -0.39 is 6.09 Å². The van der Waals surface area contributed by atoms with Gasteiger partial charge < -0.3 is 19.9 Å². The molecule has 0 unspecified atom stereocenters. The minimum atomic E-state index is -1.01. The van der Waals surface area contributed by atoms with Crippen LogP contribution in [0.2, 0.25) is 0 Å². The maximum Gasteiger partial charge on any atom is 0.404 e. The zero-order valence-corrected chi connectivity index (χ0v) is 10.2. The second kappa shape index (κ2) is 5.98. The Hall–Kier alpha value is -1.91. The van der Waals surface area contributed by atoms with Gasteiger partial charge in [0.05, 0.1) is 14.2 Å². The van der Waals surface area contributed by atoms with Crippen molar-refractivity contribution in [3.63, 3.8) is 0 Å². The molecule has 0 bridgehead atoms. The van der Waals surface area contributed by atoms with E-state index >= 15 is 0 Å². The fraction of sp³-hybridized carbons (Fsp3) is 0.417. The maximum atomic E-state index is 10.3. The van der Waals surface area contributed by atoms with Crippen LogP contribution in [0.15, 0.2) is 12.1 Å². The Morgan fingerprint density at radius 1 is 1.29 bits per heavy atom. The van der Waals surface area contributed by atoms with Crippen molar-refractivity contribution in [2.75, 3.05) is 20.8 Å². The van der Waals surface area contributed by atoms with Crippen molar-refractivity contribution in [2.45, 2.75) is 13.3 Å². The van der Waals surface area contributed by atoms with Crippen molar-refractivity contribution < 1.29 is 19.4 Å². The second-order valence-corrected chi connectivity index (χ2v) is 3.62. The van der Waals surface area contributed by atoms with Crippen LogP contribution < -0.4 is 14.8 Å². The smallest absolute Gasteiger partial charge is 0.404 e. The van der Waals surface area contributed by atoms with Crippen LogP contribution in [-0.2, 0) is 6.42 Å². The van der Waals surface area contributed by atoms with E-state index in [1.54, 1.807) is 14.2 Å². The summed E-state index contributed by atoms with van der Waals surface area (Å²) in [6.07, 6.45) is -0.387. The lowest BCUT2D eigenvalue weighted by Crippen LogP contribution is -2.23. The molecule has 0 fully saturated rings. The second-order valence-electron chi connectivity index (χ2n) is 3.62. The molecule has 1 rings (SSSR count). The van der Waals surface area contributed by atoms with Crippen molar-refractivity contribution in [3.8, 4) is 11.5 Å². The van der Waals surface area contributed by atoms with Crippen LogP contribution in [0.1, 0.15) is 11.1 Å².